The molecule has 1 atom stereocenters. The molecule has 176 valence electrons. The maximum absolute atomic E-state index is 12.2. The Labute approximate surface area is 203 Å². The van der Waals surface area contributed by atoms with Gasteiger partial charge in [0.2, 0.25) is 0 Å². The highest BCUT2D eigenvalue weighted by atomic mass is 16.5. The lowest BCUT2D eigenvalue weighted by Crippen LogP contribution is -2.41. The van der Waals surface area contributed by atoms with Gasteiger partial charge >= 0.3 is 12.1 Å². The second-order valence-electron chi connectivity index (χ2n) is 8.03. The average molecular weight is 469 g/mol. The van der Waals surface area contributed by atoms with Gasteiger partial charge < -0.3 is 20.5 Å². The predicted octanol–water partition coefficient (Wildman–Crippen LogP) is 3.34. The Balaban J connectivity index is 1.25. The number of carboxylic acid groups (broad SMARTS) is 1. The normalized spacial score (nSPS) is 12.3. The summed E-state index contributed by atoms with van der Waals surface area (Å²) in [6, 6.07) is 24.0. The van der Waals surface area contributed by atoms with Crippen LogP contribution in [0, 0.1) is 11.8 Å². The quantitative estimate of drug-likeness (QED) is 0.462. The third-order valence-electron chi connectivity index (χ3n) is 5.75. The van der Waals surface area contributed by atoms with Crippen molar-refractivity contribution in [2.75, 3.05) is 13.2 Å². The number of carbonyl (C=O) groups is 3. The summed E-state index contributed by atoms with van der Waals surface area (Å²) in [7, 11) is 0. The van der Waals surface area contributed by atoms with E-state index in [4.69, 9.17) is 4.74 Å². The van der Waals surface area contributed by atoms with Gasteiger partial charge in [-0.2, -0.15) is 0 Å². The van der Waals surface area contributed by atoms with Crippen molar-refractivity contribution in [2.45, 2.75) is 18.4 Å². The number of alkyl carbamates (subject to hydrolysis) is 1. The lowest BCUT2D eigenvalue weighted by atomic mass is 9.98. The zero-order valence-electron chi connectivity index (χ0n) is 18.9. The van der Waals surface area contributed by atoms with E-state index < -0.39 is 24.0 Å². The first-order valence-corrected chi connectivity index (χ1v) is 11.2. The number of rotatable bonds is 7. The first kappa shape index (κ1) is 23.6. The highest BCUT2D eigenvalue weighted by Crippen LogP contribution is 2.44. The molecule has 0 saturated heterocycles. The number of carboxylic acids is 1. The van der Waals surface area contributed by atoms with E-state index in [1.54, 1.807) is 24.3 Å². The van der Waals surface area contributed by atoms with Crippen LogP contribution in [-0.4, -0.2) is 42.3 Å². The highest BCUT2D eigenvalue weighted by Gasteiger charge is 2.28. The summed E-state index contributed by atoms with van der Waals surface area (Å²) in [5.41, 5.74) is 5.29. The minimum Gasteiger partial charge on any atom is -0.480 e. The number of amides is 2. The second-order valence-corrected chi connectivity index (χ2v) is 8.03. The van der Waals surface area contributed by atoms with Crippen molar-refractivity contribution < 1.29 is 24.2 Å². The van der Waals surface area contributed by atoms with E-state index in [9.17, 15) is 19.5 Å². The number of carbonyl (C=O) groups excluding carboxylic acids is 2. The molecule has 3 aromatic carbocycles. The molecule has 3 N–H and O–H groups in total. The van der Waals surface area contributed by atoms with Gasteiger partial charge in [0.15, 0.2) is 0 Å². The molecule has 7 nitrogen and oxygen atoms in total. The molecular formula is C28H24N2O5. The Hall–Kier alpha value is -4.57. The standard InChI is InChI=1S/C28H24N2O5/c31-26(30-25(27(32)33)17-19-9-2-1-3-10-19)15-8-16-29-28(34)35-18-24-22-13-6-4-11-20(22)21-12-5-7-14-23(21)24/h1-7,9-14,24-25H,16-18H2,(H,29,34)(H,30,31)(H,32,33). The van der Waals surface area contributed by atoms with E-state index in [1.165, 1.54) is 0 Å². The number of benzene rings is 3. The van der Waals surface area contributed by atoms with Crippen molar-refractivity contribution in [2.24, 2.45) is 0 Å². The number of hydrogen-bond acceptors (Lipinski definition) is 4. The van der Waals surface area contributed by atoms with Gasteiger partial charge in [-0.25, -0.2) is 9.59 Å². The van der Waals surface area contributed by atoms with E-state index >= 15 is 0 Å². The van der Waals surface area contributed by atoms with Crippen LogP contribution in [0.5, 0.6) is 0 Å². The Morgan fingerprint density at radius 2 is 1.49 bits per heavy atom. The number of hydrogen-bond donors (Lipinski definition) is 3. The second kappa shape index (κ2) is 11.0. The van der Waals surface area contributed by atoms with Crippen LogP contribution in [0.2, 0.25) is 0 Å². The predicted molar refractivity (Wildman–Crippen MR) is 131 cm³/mol. The molecule has 3 aromatic rings. The molecular weight excluding hydrogens is 444 g/mol. The van der Waals surface area contributed by atoms with Gasteiger partial charge in [-0.15, -0.1) is 0 Å². The number of nitrogens with one attached hydrogen (secondary N) is 2. The van der Waals surface area contributed by atoms with E-state index in [2.05, 4.69) is 34.6 Å². The van der Waals surface area contributed by atoms with E-state index in [-0.39, 0.29) is 25.5 Å². The zero-order chi connectivity index (χ0) is 24.6. The maximum Gasteiger partial charge on any atom is 0.407 e. The van der Waals surface area contributed by atoms with E-state index in [0.29, 0.717) is 0 Å². The van der Waals surface area contributed by atoms with Gasteiger partial charge in [-0.3, -0.25) is 4.79 Å². The molecule has 0 fully saturated rings. The van der Waals surface area contributed by atoms with Crippen LogP contribution in [0.15, 0.2) is 78.9 Å². The molecule has 1 unspecified atom stereocenters. The van der Waals surface area contributed by atoms with Crippen molar-refractivity contribution in [3.8, 4) is 23.0 Å². The maximum atomic E-state index is 12.2. The summed E-state index contributed by atoms with van der Waals surface area (Å²) >= 11 is 0. The largest absolute Gasteiger partial charge is 0.480 e. The third kappa shape index (κ3) is 5.87. The number of aliphatic carboxylic acids is 1. The lowest BCUT2D eigenvalue weighted by Gasteiger charge is -2.14. The first-order valence-electron chi connectivity index (χ1n) is 11.2. The average Bonchev–Trinajstić information content (AvgIpc) is 3.19. The summed E-state index contributed by atoms with van der Waals surface area (Å²) in [5.74, 6) is 2.88. The molecule has 0 aliphatic heterocycles. The molecule has 4 rings (SSSR count). The summed E-state index contributed by atoms with van der Waals surface area (Å²) in [4.78, 5) is 35.7. The van der Waals surface area contributed by atoms with Crippen LogP contribution < -0.4 is 10.6 Å². The molecule has 35 heavy (non-hydrogen) atoms. The first-order chi connectivity index (χ1) is 17.0. The molecule has 1 aliphatic rings. The van der Waals surface area contributed by atoms with Gasteiger partial charge in [0, 0.05) is 12.3 Å². The molecule has 0 bridgehead atoms. The lowest BCUT2D eigenvalue weighted by molar-refractivity contribution is -0.141. The fourth-order valence-corrected chi connectivity index (χ4v) is 4.13. The molecule has 1 aliphatic carbocycles. The smallest absolute Gasteiger partial charge is 0.407 e. The SMILES string of the molecule is O=C(C#CCNC(=O)OCC1c2ccccc2-c2ccccc21)NC(Cc1ccccc1)C(=O)O. The van der Waals surface area contributed by atoms with Gasteiger partial charge in [0.05, 0.1) is 6.54 Å². The summed E-state index contributed by atoms with van der Waals surface area (Å²) in [5, 5.41) is 14.2. The third-order valence-corrected chi connectivity index (χ3v) is 5.75. The highest BCUT2D eigenvalue weighted by molar-refractivity contribution is 5.96. The molecule has 0 heterocycles. The Morgan fingerprint density at radius 3 is 2.11 bits per heavy atom. The molecule has 0 spiro atoms. The molecule has 0 radical (unpaired) electrons. The van der Waals surface area contributed by atoms with Crippen molar-refractivity contribution in [3.63, 3.8) is 0 Å². The van der Waals surface area contributed by atoms with Gasteiger partial charge in [-0.1, -0.05) is 84.8 Å². The van der Waals surface area contributed by atoms with Crippen molar-refractivity contribution in [1.29, 1.82) is 0 Å². The van der Waals surface area contributed by atoms with E-state index in [0.717, 1.165) is 27.8 Å². The molecule has 2 amide bonds. The van der Waals surface area contributed by atoms with Crippen molar-refractivity contribution in [1.82, 2.24) is 10.6 Å². The van der Waals surface area contributed by atoms with Crippen molar-refractivity contribution >= 4 is 18.0 Å². The van der Waals surface area contributed by atoms with Crippen LogP contribution in [0.1, 0.15) is 22.6 Å². The summed E-state index contributed by atoms with van der Waals surface area (Å²) < 4.78 is 5.41. The zero-order valence-corrected chi connectivity index (χ0v) is 18.9. The Kier molecular flexibility index (Phi) is 7.44. The monoisotopic (exact) mass is 468 g/mol. The minimum atomic E-state index is -1.15. The van der Waals surface area contributed by atoms with Crippen molar-refractivity contribution in [3.05, 3.63) is 95.6 Å². The van der Waals surface area contributed by atoms with Crippen LogP contribution in [-0.2, 0) is 20.7 Å². The summed E-state index contributed by atoms with van der Waals surface area (Å²) in [6.07, 6.45) is -0.504. The molecule has 0 aromatic heterocycles. The molecule has 7 heteroatoms. The number of ether oxygens (including phenoxy) is 1. The van der Waals surface area contributed by atoms with E-state index in [1.807, 2.05) is 42.5 Å². The fourth-order valence-electron chi connectivity index (χ4n) is 4.13. The summed E-state index contributed by atoms with van der Waals surface area (Å²) in [6.45, 7) is 0.0636. The fraction of sp³-hybridized carbons (Fsp3) is 0.179. The Bertz CT molecular complexity index is 1250. The van der Waals surface area contributed by atoms with Crippen LogP contribution in [0.25, 0.3) is 11.1 Å². The van der Waals surface area contributed by atoms with Crippen LogP contribution in [0.4, 0.5) is 4.79 Å². The molecule has 0 saturated carbocycles. The minimum absolute atomic E-state index is 0.0532. The number of fused-ring (bicyclic) bond motifs is 3. The van der Waals surface area contributed by atoms with Gasteiger partial charge in [-0.05, 0) is 33.7 Å². The van der Waals surface area contributed by atoms with Crippen LogP contribution in [0.3, 0.4) is 0 Å². The van der Waals surface area contributed by atoms with Gasteiger partial charge in [0.25, 0.3) is 5.91 Å². The van der Waals surface area contributed by atoms with Crippen LogP contribution >= 0.6 is 0 Å². The topological polar surface area (TPSA) is 105 Å². The Morgan fingerprint density at radius 1 is 0.886 bits per heavy atom. The van der Waals surface area contributed by atoms with Gasteiger partial charge in [0.1, 0.15) is 12.6 Å².